The molecular weight excluding hydrogens is 489 g/mol. The van der Waals surface area contributed by atoms with Crippen LogP contribution in [0.25, 0.3) is 0 Å². The van der Waals surface area contributed by atoms with E-state index in [0.717, 1.165) is 19.3 Å². The number of carbonyl (C=O) groups excluding carboxylic acids is 1. The molecule has 8 nitrogen and oxygen atoms in total. The van der Waals surface area contributed by atoms with E-state index in [0.29, 0.717) is 6.42 Å². The van der Waals surface area contributed by atoms with Crippen molar-refractivity contribution in [3.63, 3.8) is 0 Å². The maximum atomic E-state index is 12.3. The zero-order valence-electron chi connectivity index (χ0n) is 24.5. The summed E-state index contributed by atoms with van der Waals surface area (Å²) in [6.45, 7) is 9.06. The van der Waals surface area contributed by atoms with Crippen molar-refractivity contribution in [3.8, 4) is 6.07 Å². The van der Waals surface area contributed by atoms with Crippen molar-refractivity contribution in [2.24, 2.45) is 0 Å². The van der Waals surface area contributed by atoms with Gasteiger partial charge in [-0.25, -0.2) is 0 Å². The Hall–Kier alpha value is -0.810. The Kier molecular flexibility index (Phi) is 19.7. The number of nitriles is 1. The first-order chi connectivity index (χ1) is 17.5. The molecule has 0 aromatic heterocycles. The van der Waals surface area contributed by atoms with Crippen LogP contribution in [0.5, 0.6) is 0 Å². The van der Waals surface area contributed by atoms with Gasteiger partial charge in [0.2, 0.25) is 0 Å². The molecule has 0 saturated carbocycles. The van der Waals surface area contributed by atoms with Crippen LogP contribution < -0.4 is 5.32 Å². The number of carbonyl (C=O) groups is 1. The van der Waals surface area contributed by atoms with Crippen LogP contribution in [0.3, 0.4) is 0 Å². The molecule has 0 bridgehead atoms. The van der Waals surface area contributed by atoms with Crippen LogP contribution in [-0.4, -0.2) is 63.0 Å². The fourth-order valence-electron chi connectivity index (χ4n) is 5.05. The van der Waals surface area contributed by atoms with Crippen molar-refractivity contribution < 1.29 is 24.2 Å². The number of aliphatic hydroxyl groups is 1. The van der Waals surface area contributed by atoms with Crippen LogP contribution in [0.15, 0.2) is 0 Å². The van der Waals surface area contributed by atoms with Gasteiger partial charge in [0.1, 0.15) is 0 Å². The molecule has 9 heteroatoms. The molecular formula is C28H58N3O5P. The summed E-state index contributed by atoms with van der Waals surface area (Å²) in [4.78, 5) is 35.2. The number of nitrogens with zero attached hydrogens (tertiary/aromatic N) is 2. The van der Waals surface area contributed by atoms with Gasteiger partial charge in [0, 0.05) is 0 Å². The molecule has 0 rings (SSSR count). The molecule has 0 radical (unpaired) electrons. The first-order valence-electron chi connectivity index (χ1n) is 14.7. The van der Waals surface area contributed by atoms with Crippen LogP contribution in [0.2, 0.25) is 0 Å². The predicted octanol–water partition coefficient (Wildman–Crippen LogP) is 6.19. The second-order valence-corrected chi connectivity index (χ2v) is 14.2. The molecule has 0 aromatic rings. The fourth-order valence-corrected chi connectivity index (χ4v) is 8.60. The molecule has 0 saturated heterocycles. The Bertz CT molecular complexity index is 632. The van der Waals surface area contributed by atoms with Crippen molar-refractivity contribution in [1.29, 1.82) is 5.26 Å². The third-order valence-corrected chi connectivity index (χ3v) is 10.3. The zero-order valence-corrected chi connectivity index (χ0v) is 25.4. The van der Waals surface area contributed by atoms with Gasteiger partial charge in [0.15, 0.2) is 0 Å². The topological polar surface area (TPSA) is 126 Å². The summed E-state index contributed by atoms with van der Waals surface area (Å²) >= 11 is 0. The molecule has 4 N–H and O–H groups in total. The molecule has 0 aliphatic heterocycles. The van der Waals surface area contributed by atoms with E-state index in [1.807, 2.05) is 33.8 Å². The summed E-state index contributed by atoms with van der Waals surface area (Å²) in [5, 5.41) is 21.7. The molecule has 1 atom stereocenters. The minimum atomic E-state index is -4.94. The molecule has 0 spiro atoms. The fraction of sp³-hybridized carbons (Fsp3) is 0.929. The second kappa shape index (κ2) is 20.1. The van der Waals surface area contributed by atoms with E-state index in [1.165, 1.54) is 68.9 Å². The first kappa shape index (κ1) is 36.2. The van der Waals surface area contributed by atoms with Crippen LogP contribution in [-0.2, 0) is 9.32 Å². The number of unbranched alkanes of at least 4 members (excludes halogenated alkanes) is 12. The summed E-state index contributed by atoms with van der Waals surface area (Å²) in [6.07, 6.45) is 15.3. The van der Waals surface area contributed by atoms with Crippen LogP contribution >= 0.6 is 7.43 Å². The summed E-state index contributed by atoms with van der Waals surface area (Å²) in [6, 6.07) is 1.45. The summed E-state index contributed by atoms with van der Waals surface area (Å²) in [5.41, 5.74) is 0. The number of aliphatic hydroxyl groups excluding tert-OH is 1. The molecule has 0 fully saturated rings. The molecule has 37 heavy (non-hydrogen) atoms. The molecule has 220 valence electrons. The van der Waals surface area contributed by atoms with Crippen molar-refractivity contribution >= 4 is 13.3 Å². The third kappa shape index (κ3) is 16.0. The van der Waals surface area contributed by atoms with Gasteiger partial charge in [0.05, 0.1) is 0 Å². The number of hydrogen-bond donors (Lipinski definition) is 4. The summed E-state index contributed by atoms with van der Waals surface area (Å²) < 4.78 is 7.29. The normalized spacial score (nSPS) is 14.1. The number of amides is 1. The molecule has 0 aromatic carbocycles. The Morgan fingerprint density at radius 2 is 1.35 bits per heavy atom. The molecule has 0 aliphatic carbocycles. The third-order valence-electron chi connectivity index (χ3n) is 6.74. The van der Waals surface area contributed by atoms with Crippen LogP contribution in [0, 0.1) is 11.3 Å². The van der Waals surface area contributed by atoms with Gasteiger partial charge in [-0.3, -0.25) is 0 Å². The summed E-state index contributed by atoms with van der Waals surface area (Å²) in [7, 11) is -4.94. The van der Waals surface area contributed by atoms with E-state index in [-0.39, 0.29) is 37.1 Å². The van der Waals surface area contributed by atoms with Gasteiger partial charge in [-0.15, -0.1) is 0 Å². The SMILES string of the molecule is CCCCCCCCCCCCCCCC(=O)NCC(CO)OP(O)(O)(CCC#N)N(C(C)C)C(C)C. The Morgan fingerprint density at radius 1 is 0.892 bits per heavy atom. The van der Waals surface area contributed by atoms with Crippen molar-refractivity contribution in [2.75, 3.05) is 19.3 Å². The predicted molar refractivity (Wildman–Crippen MR) is 154 cm³/mol. The number of hydrogen-bond acceptors (Lipinski definition) is 7. The van der Waals surface area contributed by atoms with Crippen molar-refractivity contribution in [3.05, 3.63) is 0 Å². The first-order valence-corrected chi connectivity index (χ1v) is 16.9. The Labute approximate surface area is 227 Å². The Balaban J connectivity index is 4.36. The van der Waals surface area contributed by atoms with Crippen molar-refractivity contribution in [1.82, 2.24) is 9.99 Å². The van der Waals surface area contributed by atoms with Gasteiger partial charge in [-0.1, -0.05) is 51.9 Å². The number of nitrogens with one attached hydrogen (secondary N) is 1. The van der Waals surface area contributed by atoms with Crippen molar-refractivity contribution in [2.45, 2.75) is 149 Å². The van der Waals surface area contributed by atoms with E-state index in [2.05, 4.69) is 12.2 Å². The number of rotatable bonds is 24. The van der Waals surface area contributed by atoms with E-state index >= 15 is 0 Å². The Morgan fingerprint density at radius 3 is 1.76 bits per heavy atom. The van der Waals surface area contributed by atoms with E-state index < -0.39 is 20.1 Å². The van der Waals surface area contributed by atoms with Gasteiger partial charge in [-0.05, 0) is 0 Å². The minimum absolute atomic E-state index is 0.0244. The average molecular weight is 548 g/mol. The standard InChI is InChI=1S/C28H58N3O5P/c1-6-7-8-9-10-11-12-13-14-15-16-17-18-20-28(33)30-23-27(24-32)36-37(34,35,22-19-21-29)31(25(2)3)26(4)5/h25-27,32,34-35H,6-20,22-24H2,1-5H3,(H,30,33). The average Bonchev–Trinajstić information content (AvgIpc) is 2.82. The molecule has 0 aliphatic rings. The quantitative estimate of drug-likeness (QED) is 0.0838. The van der Waals surface area contributed by atoms with Gasteiger partial charge in [-0.2, -0.15) is 0 Å². The monoisotopic (exact) mass is 547 g/mol. The van der Waals surface area contributed by atoms with E-state index in [4.69, 9.17) is 9.79 Å². The van der Waals surface area contributed by atoms with Gasteiger partial charge < -0.3 is 0 Å². The molecule has 1 unspecified atom stereocenters. The van der Waals surface area contributed by atoms with Gasteiger partial charge >= 0.3 is 175 Å². The molecule has 0 heterocycles. The maximum absolute atomic E-state index is 12.3. The van der Waals surface area contributed by atoms with Gasteiger partial charge in [0.25, 0.3) is 0 Å². The van der Waals surface area contributed by atoms with Crippen LogP contribution in [0.4, 0.5) is 0 Å². The zero-order chi connectivity index (χ0) is 28.2. The van der Waals surface area contributed by atoms with E-state index in [1.54, 1.807) is 0 Å². The van der Waals surface area contributed by atoms with Crippen LogP contribution in [0.1, 0.15) is 131 Å². The summed E-state index contributed by atoms with van der Waals surface area (Å²) in [5.74, 6) is -0.136. The van der Waals surface area contributed by atoms with E-state index in [9.17, 15) is 19.7 Å². The second-order valence-electron chi connectivity index (χ2n) is 11.0. The molecule has 1 amide bonds.